The van der Waals surface area contributed by atoms with Crippen molar-refractivity contribution in [2.75, 3.05) is 6.54 Å². The van der Waals surface area contributed by atoms with Crippen LogP contribution in [0.15, 0.2) is 24.3 Å². The summed E-state index contributed by atoms with van der Waals surface area (Å²) in [6.45, 7) is 3.33. The van der Waals surface area contributed by atoms with E-state index >= 15 is 0 Å². The molecule has 1 amide bonds. The fraction of sp³-hybridized carbons (Fsp3) is 0.417. The SMILES string of the molecule is CCCNC(=O)Cc1ccc(CN)cc1. The predicted octanol–water partition coefficient (Wildman–Crippen LogP) is 1.21. The number of carbonyl (C=O) groups excluding carboxylic acids is 1. The lowest BCUT2D eigenvalue weighted by Gasteiger charge is -2.04. The molecule has 0 saturated heterocycles. The van der Waals surface area contributed by atoms with Gasteiger partial charge in [-0.25, -0.2) is 0 Å². The highest BCUT2D eigenvalue weighted by Crippen LogP contribution is 2.04. The van der Waals surface area contributed by atoms with Gasteiger partial charge in [0.05, 0.1) is 6.42 Å². The Morgan fingerprint density at radius 1 is 1.27 bits per heavy atom. The van der Waals surface area contributed by atoms with E-state index in [0.717, 1.165) is 24.1 Å². The molecule has 0 fully saturated rings. The first-order valence-electron chi connectivity index (χ1n) is 5.31. The van der Waals surface area contributed by atoms with Crippen LogP contribution in [0.25, 0.3) is 0 Å². The first-order valence-corrected chi connectivity index (χ1v) is 5.31. The third-order valence-corrected chi connectivity index (χ3v) is 2.20. The molecule has 1 aromatic rings. The second-order valence-corrected chi connectivity index (χ2v) is 3.55. The van der Waals surface area contributed by atoms with Crippen molar-refractivity contribution in [1.29, 1.82) is 0 Å². The van der Waals surface area contributed by atoms with E-state index in [1.165, 1.54) is 0 Å². The number of hydrogen-bond donors (Lipinski definition) is 2. The molecule has 3 nitrogen and oxygen atoms in total. The minimum absolute atomic E-state index is 0.0809. The van der Waals surface area contributed by atoms with E-state index in [1.54, 1.807) is 0 Å². The van der Waals surface area contributed by atoms with Crippen LogP contribution >= 0.6 is 0 Å². The Kier molecular flexibility index (Phi) is 4.84. The van der Waals surface area contributed by atoms with Gasteiger partial charge < -0.3 is 11.1 Å². The minimum Gasteiger partial charge on any atom is -0.356 e. The van der Waals surface area contributed by atoms with Gasteiger partial charge in [0.2, 0.25) is 5.91 Å². The van der Waals surface area contributed by atoms with E-state index in [-0.39, 0.29) is 5.91 Å². The van der Waals surface area contributed by atoms with Crippen LogP contribution in [-0.2, 0) is 17.8 Å². The summed E-state index contributed by atoms with van der Waals surface area (Å²) >= 11 is 0. The fourth-order valence-corrected chi connectivity index (χ4v) is 1.31. The van der Waals surface area contributed by atoms with Crippen molar-refractivity contribution >= 4 is 5.91 Å². The molecular weight excluding hydrogens is 188 g/mol. The Labute approximate surface area is 90.7 Å². The predicted molar refractivity (Wildman–Crippen MR) is 61.3 cm³/mol. The zero-order valence-corrected chi connectivity index (χ0v) is 9.12. The summed E-state index contributed by atoms with van der Waals surface area (Å²) in [4.78, 5) is 11.4. The largest absolute Gasteiger partial charge is 0.356 e. The summed E-state index contributed by atoms with van der Waals surface area (Å²) in [5.41, 5.74) is 7.61. The summed E-state index contributed by atoms with van der Waals surface area (Å²) in [5, 5.41) is 2.85. The molecule has 0 saturated carbocycles. The van der Waals surface area contributed by atoms with Gasteiger partial charge in [0, 0.05) is 13.1 Å². The zero-order chi connectivity index (χ0) is 11.1. The molecule has 0 aliphatic rings. The van der Waals surface area contributed by atoms with Crippen LogP contribution in [0, 0.1) is 0 Å². The van der Waals surface area contributed by atoms with Gasteiger partial charge in [-0.05, 0) is 17.5 Å². The number of nitrogens with one attached hydrogen (secondary N) is 1. The van der Waals surface area contributed by atoms with Gasteiger partial charge in [-0.2, -0.15) is 0 Å². The first kappa shape index (κ1) is 11.7. The molecule has 0 heterocycles. The number of rotatable bonds is 5. The molecule has 1 rings (SSSR count). The number of amides is 1. The zero-order valence-electron chi connectivity index (χ0n) is 9.12. The molecule has 0 aliphatic heterocycles. The number of benzene rings is 1. The van der Waals surface area contributed by atoms with Crippen LogP contribution in [0.4, 0.5) is 0 Å². The Bertz CT molecular complexity index is 306. The van der Waals surface area contributed by atoms with Gasteiger partial charge in [-0.1, -0.05) is 31.2 Å². The van der Waals surface area contributed by atoms with Crippen LogP contribution in [0.2, 0.25) is 0 Å². The van der Waals surface area contributed by atoms with E-state index < -0.39 is 0 Å². The monoisotopic (exact) mass is 206 g/mol. The molecular formula is C12H18N2O. The lowest BCUT2D eigenvalue weighted by Crippen LogP contribution is -2.25. The van der Waals surface area contributed by atoms with Crippen LogP contribution in [0.5, 0.6) is 0 Å². The van der Waals surface area contributed by atoms with Crippen LogP contribution in [-0.4, -0.2) is 12.5 Å². The van der Waals surface area contributed by atoms with E-state index in [9.17, 15) is 4.79 Å². The first-order chi connectivity index (χ1) is 7.26. The molecule has 0 bridgehead atoms. The third kappa shape index (κ3) is 4.13. The maximum atomic E-state index is 11.4. The third-order valence-electron chi connectivity index (χ3n) is 2.20. The molecule has 3 heteroatoms. The van der Waals surface area contributed by atoms with Crippen LogP contribution < -0.4 is 11.1 Å². The van der Waals surface area contributed by atoms with E-state index in [4.69, 9.17) is 5.73 Å². The molecule has 3 N–H and O–H groups in total. The molecule has 0 aromatic heterocycles. The van der Waals surface area contributed by atoms with Gasteiger partial charge in [-0.15, -0.1) is 0 Å². The molecule has 0 radical (unpaired) electrons. The average molecular weight is 206 g/mol. The Morgan fingerprint density at radius 3 is 2.40 bits per heavy atom. The molecule has 15 heavy (non-hydrogen) atoms. The second kappa shape index (κ2) is 6.19. The highest BCUT2D eigenvalue weighted by molar-refractivity contribution is 5.78. The van der Waals surface area contributed by atoms with Gasteiger partial charge >= 0.3 is 0 Å². The van der Waals surface area contributed by atoms with E-state index in [0.29, 0.717) is 13.0 Å². The Morgan fingerprint density at radius 2 is 1.87 bits per heavy atom. The lowest BCUT2D eigenvalue weighted by atomic mass is 10.1. The topological polar surface area (TPSA) is 55.1 Å². The quantitative estimate of drug-likeness (QED) is 0.761. The molecule has 0 aliphatic carbocycles. The van der Waals surface area contributed by atoms with Crippen molar-refractivity contribution in [2.45, 2.75) is 26.3 Å². The van der Waals surface area contributed by atoms with Crippen molar-refractivity contribution < 1.29 is 4.79 Å². The average Bonchev–Trinajstić information content (AvgIpc) is 2.27. The number of nitrogens with two attached hydrogens (primary N) is 1. The summed E-state index contributed by atoms with van der Waals surface area (Å²) in [5.74, 6) is 0.0809. The number of carbonyl (C=O) groups is 1. The normalized spacial score (nSPS) is 10.0. The van der Waals surface area contributed by atoms with E-state index in [2.05, 4.69) is 5.32 Å². The fourth-order valence-electron chi connectivity index (χ4n) is 1.31. The van der Waals surface area contributed by atoms with Gasteiger partial charge in [0.1, 0.15) is 0 Å². The highest BCUT2D eigenvalue weighted by Gasteiger charge is 2.01. The highest BCUT2D eigenvalue weighted by atomic mass is 16.1. The smallest absolute Gasteiger partial charge is 0.224 e. The van der Waals surface area contributed by atoms with Crippen molar-refractivity contribution in [3.8, 4) is 0 Å². The van der Waals surface area contributed by atoms with Gasteiger partial charge in [0.15, 0.2) is 0 Å². The Balaban J connectivity index is 2.46. The second-order valence-electron chi connectivity index (χ2n) is 3.55. The molecule has 1 aromatic carbocycles. The van der Waals surface area contributed by atoms with Gasteiger partial charge in [-0.3, -0.25) is 4.79 Å². The van der Waals surface area contributed by atoms with Crippen molar-refractivity contribution in [1.82, 2.24) is 5.32 Å². The minimum atomic E-state index is 0.0809. The summed E-state index contributed by atoms with van der Waals surface area (Å²) in [6.07, 6.45) is 1.42. The maximum Gasteiger partial charge on any atom is 0.224 e. The summed E-state index contributed by atoms with van der Waals surface area (Å²) in [6, 6.07) is 7.83. The standard InChI is InChI=1S/C12H18N2O/c1-2-7-14-12(15)8-10-3-5-11(9-13)6-4-10/h3-6H,2,7-9,13H2,1H3,(H,14,15). The van der Waals surface area contributed by atoms with Gasteiger partial charge in [0.25, 0.3) is 0 Å². The molecule has 0 atom stereocenters. The molecule has 0 spiro atoms. The summed E-state index contributed by atoms with van der Waals surface area (Å²) in [7, 11) is 0. The van der Waals surface area contributed by atoms with Crippen LogP contribution in [0.3, 0.4) is 0 Å². The Hall–Kier alpha value is -1.35. The molecule has 0 unspecified atom stereocenters. The lowest BCUT2D eigenvalue weighted by molar-refractivity contribution is -0.120. The van der Waals surface area contributed by atoms with E-state index in [1.807, 2.05) is 31.2 Å². The van der Waals surface area contributed by atoms with Crippen molar-refractivity contribution in [2.24, 2.45) is 5.73 Å². The number of hydrogen-bond acceptors (Lipinski definition) is 2. The molecule has 82 valence electrons. The summed E-state index contributed by atoms with van der Waals surface area (Å²) < 4.78 is 0. The van der Waals surface area contributed by atoms with Crippen LogP contribution in [0.1, 0.15) is 24.5 Å². The van der Waals surface area contributed by atoms with Crippen molar-refractivity contribution in [3.05, 3.63) is 35.4 Å². The van der Waals surface area contributed by atoms with Crippen molar-refractivity contribution in [3.63, 3.8) is 0 Å². The maximum absolute atomic E-state index is 11.4.